The molecular formula is C11H11N3O3S. The molecule has 0 fully saturated rings. The lowest BCUT2D eigenvalue weighted by Crippen LogP contribution is -2.08. The van der Waals surface area contributed by atoms with Gasteiger partial charge in [0.25, 0.3) is 0 Å². The van der Waals surface area contributed by atoms with Crippen LogP contribution in [0.2, 0.25) is 0 Å². The summed E-state index contributed by atoms with van der Waals surface area (Å²) in [7, 11) is 0. The van der Waals surface area contributed by atoms with E-state index < -0.39 is 6.04 Å². The largest absolute Gasteiger partial charge is 0.512 e. The van der Waals surface area contributed by atoms with Gasteiger partial charge in [0.1, 0.15) is 11.8 Å². The summed E-state index contributed by atoms with van der Waals surface area (Å²) >= 11 is 1.27. The molecule has 0 bridgehead atoms. The van der Waals surface area contributed by atoms with Gasteiger partial charge in [-0.05, 0) is 0 Å². The maximum Gasteiger partial charge on any atom is 0.223 e. The molecule has 18 heavy (non-hydrogen) atoms. The number of carbonyl (C=O) groups is 1. The first kappa shape index (κ1) is 12.4. The number of rotatable bonds is 3. The van der Waals surface area contributed by atoms with E-state index in [-0.39, 0.29) is 18.1 Å². The van der Waals surface area contributed by atoms with Gasteiger partial charge in [-0.25, -0.2) is 4.98 Å². The smallest absolute Gasteiger partial charge is 0.223 e. The number of aromatic nitrogens is 1. The molecule has 0 saturated heterocycles. The van der Waals surface area contributed by atoms with Gasteiger partial charge >= 0.3 is 0 Å². The fourth-order valence-electron chi connectivity index (χ4n) is 1.59. The SMILES string of the molecule is CC(=O)Nc1nc(C2=C(O)CC(N=O)C=C2)cs1. The third-order valence-corrected chi connectivity index (χ3v) is 3.15. The number of anilines is 1. The molecule has 1 aromatic rings. The Labute approximate surface area is 107 Å². The molecule has 1 unspecified atom stereocenters. The minimum Gasteiger partial charge on any atom is -0.512 e. The molecule has 0 aliphatic heterocycles. The second-order valence-corrected chi connectivity index (χ2v) is 4.67. The van der Waals surface area contributed by atoms with E-state index >= 15 is 0 Å². The van der Waals surface area contributed by atoms with Gasteiger partial charge < -0.3 is 10.4 Å². The summed E-state index contributed by atoms with van der Waals surface area (Å²) in [4.78, 5) is 25.4. The minimum atomic E-state index is -0.526. The molecule has 0 saturated carbocycles. The summed E-state index contributed by atoms with van der Waals surface area (Å²) in [6, 6.07) is -0.526. The van der Waals surface area contributed by atoms with Crippen LogP contribution in [0.15, 0.2) is 28.5 Å². The number of hydrogen-bond acceptors (Lipinski definition) is 6. The first-order valence-electron chi connectivity index (χ1n) is 5.26. The van der Waals surface area contributed by atoms with Gasteiger partial charge in [0.15, 0.2) is 5.13 Å². The number of hydrogen-bond donors (Lipinski definition) is 2. The molecule has 0 radical (unpaired) electrons. The summed E-state index contributed by atoms with van der Waals surface area (Å²) in [5.74, 6) is -0.111. The van der Waals surface area contributed by atoms with Crippen molar-refractivity contribution >= 4 is 27.9 Å². The second kappa shape index (κ2) is 5.09. The molecule has 94 valence electrons. The number of nitrogens with zero attached hydrogens (tertiary/aromatic N) is 2. The van der Waals surface area contributed by atoms with Gasteiger partial charge in [0, 0.05) is 24.3 Å². The van der Waals surface area contributed by atoms with Gasteiger partial charge in [0.2, 0.25) is 5.91 Å². The Morgan fingerprint density at radius 1 is 1.67 bits per heavy atom. The highest BCUT2D eigenvalue weighted by atomic mass is 32.1. The van der Waals surface area contributed by atoms with Crippen molar-refractivity contribution in [2.45, 2.75) is 19.4 Å². The molecule has 1 aromatic heterocycles. The average molecular weight is 265 g/mol. The van der Waals surface area contributed by atoms with Crippen LogP contribution in [-0.4, -0.2) is 22.0 Å². The highest BCUT2D eigenvalue weighted by Crippen LogP contribution is 2.29. The van der Waals surface area contributed by atoms with Crippen molar-refractivity contribution in [3.8, 4) is 0 Å². The Kier molecular flexibility index (Phi) is 3.52. The van der Waals surface area contributed by atoms with E-state index in [4.69, 9.17) is 0 Å². The molecule has 6 nitrogen and oxygen atoms in total. The predicted molar refractivity (Wildman–Crippen MR) is 69.3 cm³/mol. The summed E-state index contributed by atoms with van der Waals surface area (Å²) in [5.41, 5.74) is 1.13. The molecule has 1 heterocycles. The van der Waals surface area contributed by atoms with Crippen LogP contribution in [0, 0.1) is 4.91 Å². The van der Waals surface area contributed by atoms with E-state index in [0.29, 0.717) is 16.4 Å². The van der Waals surface area contributed by atoms with Crippen molar-refractivity contribution in [1.82, 2.24) is 4.98 Å². The van der Waals surface area contributed by atoms with Crippen molar-refractivity contribution in [1.29, 1.82) is 0 Å². The summed E-state index contributed by atoms with van der Waals surface area (Å²) in [6.07, 6.45) is 3.43. The van der Waals surface area contributed by atoms with Crippen LogP contribution >= 0.6 is 11.3 Å². The highest BCUT2D eigenvalue weighted by molar-refractivity contribution is 7.14. The normalized spacial score (nSPS) is 18.8. The van der Waals surface area contributed by atoms with Crippen molar-refractivity contribution in [3.05, 3.63) is 33.9 Å². The standard InChI is InChI=1S/C11H11N3O3S/c1-6(15)12-11-13-9(5-18-11)8-3-2-7(14-17)4-10(8)16/h2-3,5,7,16H,4H2,1H3,(H,12,13,15). The molecule has 0 spiro atoms. The zero-order chi connectivity index (χ0) is 13.1. The Hall–Kier alpha value is -2.02. The molecule has 1 atom stereocenters. The summed E-state index contributed by atoms with van der Waals surface area (Å²) in [5, 5.41) is 17.5. The van der Waals surface area contributed by atoms with Crippen molar-refractivity contribution in [2.24, 2.45) is 5.18 Å². The lowest BCUT2D eigenvalue weighted by atomic mass is 10.00. The van der Waals surface area contributed by atoms with Crippen LogP contribution in [0.25, 0.3) is 5.57 Å². The average Bonchev–Trinajstić information content (AvgIpc) is 2.76. The van der Waals surface area contributed by atoms with Crippen LogP contribution in [0.4, 0.5) is 5.13 Å². The zero-order valence-corrected chi connectivity index (χ0v) is 10.4. The molecular weight excluding hydrogens is 254 g/mol. The number of aliphatic hydroxyl groups excluding tert-OH is 1. The van der Waals surface area contributed by atoms with Crippen molar-refractivity contribution in [3.63, 3.8) is 0 Å². The molecule has 1 amide bonds. The molecule has 1 aliphatic rings. The van der Waals surface area contributed by atoms with Crippen LogP contribution in [0.1, 0.15) is 19.0 Å². The second-order valence-electron chi connectivity index (χ2n) is 3.82. The van der Waals surface area contributed by atoms with E-state index in [1.165, 1.54) is 18.3 Å². The van der Waals surface area contributed by atoms with E-state index in [1.807, 2.05) is 0 Å². The molecule has 0 aromatic carbocycles. The summed E-state index contributed by atoms with van der Waals surface area (Å²) in [6.45, 7) is 1.40. The number of allylic oxidation sites excluding steroid dienone is 2. The summed E-state index contributed by atoms with van der Waals surface area (Å²) < 4.78 is 0. The van der Waals surface area contributed by atoms with Crippen LogP contribution < -0.4 is 5.32 Å². The van der Waals surface area contributed by atoms with E-state index in [9.17, 15) is 14.8 Å². The number of amides is 1. The van der Waals surface area contributed by atoms with Crippen LogP contribution in [0.3, 0.4) is 0 Å². The zero-order valence-electron chi connectivity index (χ0n) is 9.58. The number of carbonyl (C=O) groups excluding carboxylic acids is 1. The lowest BCUT2D eigenvalue weighted by Gasteiger charge is -2.12. The molecule has 2 rings (SSSR count). The first-order valence-corrected chi connectivity index (χ1v) is 6.14. The monoisotopic (exact) mass is 265 g/mol. The van der Waals surface area contributed by atoms with Gasteiger partial charge in [-0.15, -0.1) is 11.3 Å². The minimum absolute atomic E-state index is 0.0850. The molecule has 2 N–H and O–H groups in total. The third kappa shape index (κ3) is 2.62. The van der Waals surface area contributed by atoms with Crippen molar-refractivity contribution < 1.29 is 9.90 Å². The Morgan fingerprint density at radius 2 is 2.44 bits per heavy atom. The van der Waals surface area contributed by atoms with E-state index in [2.05, 4.69) is 15.5 Å². The van der Waals surface area contributed by atoms with Crippen LogP contribution in [0.5, 0.6) is 0 Å². The fraction of sp³-hybridized carbons (Fsp3) is 0.273. The quantitative estimate of drug-likeness (QED) is 0.821. The van der Waals surface area contributed by atoms with Crippen molar-refractivity contribution in [2.75, 3.05) is 5.32 Å². The van der Waals surface area contributed by atoms with E-state index in [0.717, 1.165) is 0 Å². The Balaban J connectivity index is 2.22. The molecule has 1 aliphatic carbocycles. The van der Waals surface area contributed by atoms with Gasteiger partial charge in [-0.1, -0.05) is 17.3 Å². The molecule has 7 heteroatoms. The maximum atomic E-state index is 10.9. The Bertz CT molecular complexity index is 547. The highest BCUT2D eigenvalue weighted by Gasteiger charge is 2.19. The number of nitrogens with one attached hydrogen (secondary N) is 1. The van der Waals surface area contributed by atoms with Crippen LogP contribution in [-0.2, 0) is 4.79 Å². The van der Waals surface area contributed by atoms with Gasteiger partial charge in [-0.3, -0.25) is 4.79 Å². The van der Waals surface area contributed by atoms with Gasteiger partial charge in [0.05, 0.1) is 5.69 Å². The van der Waals surface area contributed by atoms with Gasteiger partial charge in [-0.2, -0.15) is 4.91 Å². The Morgan fingerprint density at radius 3 is 3.06 bits per heavy atom. The topological polar surface area (TPSA) is 91.7 Å². The van der Waals surface area contributed by atoms with E-state index in [1.54, 1.807) is 17.5 Å². The number of aliphatic hydroxyl groups is 1. The first-order chi connectivity index (χ1) is 8.60. The lowest BCUT2D eigenvalue weighted by molar-refractivity contribution is -0.114. The number of nitroso groups, excluding NO2 is 1. The fourth-order valence-corrected chi connectivity index (χ4v) is 2.35. The third-order valence-electron chi connectivity index (χ3n) is 2.40. The predicted octanol–water partition coefficient (Wildman–Crippen LogP) is 2.47. The maximum absolute atomic E-state index is 10.9. The number of thiazole rings is 1.